The van der Waals surface area contributed by atoms with E-state index in [1.807, 2.05) is 37.4 Å². The smallest absolute Gasteiger partial charge is 0.356 e. The van der Waals surface area contributed by atoms with Crippen LogP contribution < -0.4 is 0 Å². The Morgan fingerprint density at radius 2 is 2.00 bits per heavy atom. The highest BCUT2D eigenvalue weighted by molar-refractivity contribution is 5.85. The van der Waals surface area contributed by atoms with Crippen LogP contribution >= 0.6 is 0 Å². The molecule has 2 heterocycles. The summed E-state index contributed by atoms with van der Waals surface area (Å²) in [6, 6.07) is 9.67. The van der Waals surface area contributed by atoms with Crippen molar-refractivity contribution in [1.82, 2.24) is 19.2 Å². The number of benzene rings is 1. The summed E-state index contributed by atoms with van der Waals surface area (Å²) in [6.07, 6.45) is 1.41. The van der Waals surface area contributed by atoms with Crippen LogP contribution in [0.5, 0.6) is 0 Å². The Labute approximate surface area is 102 Å². The lowest BCUT2D eigenvalue weighted by molar-refractivity contribution is 0.0691. The summed E-state index contributed by atoms with van der Waals surface area (Å²) in [5.41, 5.74) is 0.954. The molecule has 0 spiro atoms. The molecular weight excluding hydrogens is 232 g/mol. The first-order chi connectivity index (χ1) is 8.66. The van der Waals surface area contributed by atoms with Gasteiger partial charge in [0.25, 0.3) is 0 Å². The van der Waals surface area contributed by atoms with Gasteiger partial charge in [0.2, 0.25) is 5.78 Å². The summed E-state index contributed by atoms with van der Waals surface area (Å²) in [4.78, 5) is 14.8. The minimum atomic E-state index is -1.05. The maximum absolute atomic E-state index is 10.8. The fourth-order valence-electron chi connectivity index (χ4n) is 1.87. The molecule has 0 aliphatic carbocycles. The molecule has 0 aliphatic rings. The van der Waals surface area contributed by atoms with Crippen LogP contribution in [0.2, 0.25) is 0 Å². The lowest BCUT2D eigenvalue weighted by Gasteiger charge is -1.99. The number of rotatable bonds is 2. The second kappa shape index (κ2) is 3.69. The molecule has 1 aromatic carbocycles. The van der Waals surface area contributed by atoms with Gasteiger partial charge < -0.3 is 5.11 Å². The molecule has 2 aromatic heterocycles. The van der Waals surface area contributed by atoms with E-state index < -0.39 is 5.97 Å². The summed E-state index contributed by atoms with van der Waals surface area (Å²) >= 11 is 0. The van der Waals surface area contributed by atoms with Crippen LogP contribution in [-0.2, 0) is 7.05 Å². The first kappa shape index (κ1) is 10.5. The van der Waals surface area contributed by atoms with E-state index in [1.165, 1.54) is 10.7 Å². The van der Waals surface area contributed by atoms with Crippen molar-refractivity contribution in [3.8, 4) is 11.4 Å². The second-order valence-electron chi connectivity index (χ2n) is 3.92. The molecule has 0 unspecified atom stereocenters. The van der Waals surface area contributed by atoms with Gasteiger partial charge in [0.1, 0.15) is 0 Å². The van der Waals surface area contributed by atoms with Gasteiger partial charge in [0.05, 0.1) is 6.20 Å². The van der Waals surface area contributed by atoms with Gasteiger partial charge in [-0.1, -0.05) is 30.3 Å². The van der Waals surface area contributed by atoms with E-state index in [-0.39, 0.29) is 5.69 Å². The van der Waals surface area contributed by atoms with Crippen LogP contribution in [0.15, 0.2) is 36.5 Å². The van der Waals surface area contributed by atoms with Crippen LogP contribution in [0.4, 0.5) is 0 Å². The van der Waals surface area contributed by atoms with Crippen molar-refractivity contribution in [2.45, 2.75) is 0 Å². The third-order valence-corrected chi connectivity index (χ3v) is 2.74. The van der Waals surface area contributed by atoms with E-state index in [0.29, 0.717) is 5.78 Å². The molecule has 0 saturated carbocycles. The second-order valence-corrected chi connectivity index (χ2v) is 3.92. The Bertz CT molecular complexity index is 727. The number of imidazole rings is 1. The Morgan fingerprint density at radius 1 is 1.28 bits per heavy atom. The minimum absolute atomic E-state index is 0.00675. The van der Waals surface area contributed by atoms with Crippen molar-refractivity contribution in [3.63, 3.8) is 0 Å². The van der Waals surface area contributed by atoms with Crippen molar-refractivity contribution in [3.05, 3.63) is 42.2 Å². The van der Waals surface area contributed by atoms with Gasteiger partial charge >= 0.3 is 5.97 Å². The fourth-order valence-corrected chi connectivity index (χ4v) is 1.87. The average molecular weight is 242 g/mol. The number of nitrogens with zero attached hydrogens (tertiary/aromatic N) is 4. The summed E-state index contributed by atoms with van der Waals surface area (Å²) < 4.78 is 3.24. The van der Waals surface area contributed by atoms with Gasteiger partial charge in [-0.3, -0.25) is 4.57 Å². The number of carbonyl (C=O) groups is 1. The van der Waals surface area contributed by atoms with Crippen molar-refractivity contribution in [2.75, 3.05) is 0 Å². The van der Waals surface area contributed by atoms with Crippen LogP contribution in [0.3, 0.4) is 0 Å². The molecule has 0 atom stereocenters. The SMILES string of the molecule is Cn1c(-c2ccccc2)nn2cc(C(=O)O)nc12. The van der Waals surface area contributed by atoms with Crippen LogP contribution in [0.1, 0.15) is 10.5 Å². The number of aromatic nitrogens is 4. The molecule has 3 rings (SSSR count). The lowest BCUT2D eigenvalue weighted by atomic mass is 10.2. The highest BCUT2D eigenvalue weighted by Crippen LogP contribution is 2.18. The van der Waals surface area contributed by atoms with Crippen molar-refractivity contribution < 1.29 is 9.90 Å². The molecule has 1 N–H and O–H groups in total. The van der Waals surface area contributed by atoms with E-state index >= 15 is 0 Å². The third kappa shape index (κ3) is 1.46. The number of carboxylic acid groups (broad SMARTS) is 1. The summed E-state index contributed by atoms with van der Waals surface area (Å²) in [7, 11) is 1.81. The molecule has 18 heavy (non-hydrogen) atoms. The average Bonchev–Trinajstić information content (AvgIpc) is 2.91. The Hall–Kier alpha value is -2.63. The zero-order chi connectivity index (χ0) is 12.7. The van der Waals surface area contributed by atoms with Crippen molar-refractivity contribution >= 4 is 11.7 Å². The molecule has 0 fully saturated rings. The number of fused-ring (bicyclic) bond motifs is 1. The normalized spacial score (nSPS) is 10.9. The lowest BCUT2D eigenvalue weighted by Crippen LogP contribution is -1.98. The quantitative estimate of drug-likeness (QED) is 0.737. The summed E-state index contributed by atoms with van der Waals surface area (Å²) in [6.45, 7) is 0. The molecule has 90 valence electrons. The Kier molecular flexibility index (Phi) is 2.16. The predicted octanol–water partition coefficient (Wildman–Crippen LogP) is 1.43. The molecule has 0 bridgehead atoms. The zero-order valence-electron chi connectivity index (χ0n) is 9.61. The van der Waals surface area contributed by atoms with Gasteiger partial charge in [-0.05, 0) is 0 Å². The largest absolute Gasteiger partial charge is 0.476 e. The number of carboxylic acids is 1. The molecule has 6 nitrogen and oxygen atoms in total. The molecular formula is C12H10N4O2. The zero-order valence-corrected chi connectivity index (χ0v) is 9.61. The summed E-state index contributed by atoms with van der Waals surface area (Å²) in [5, 5.41) is 13.2. The number of hydrogen-bond donors (Lipinski definition) is 1. The number of hydrogen-bond acceptors (Lipinski definition) is 3. The number of aromatic carboxylic acids is 1. The first-order valence-electron chi connectivity index (χ1n) is 5.37. The molecule has 0 saturated heterocycles. The Morgan fingerprint density at radius 3 is 2.61 bits per heavy atom. The van der Waals surface area contributed by atoms with Gasteiger partial charge in [-0.25, -0.2) is 14.3 Å². The van der Waals surface area contributed by atoms with Gasteiger partial charge in [-0.2, -0.15) is 0 Å². The van der Waals surface area contributed by atoms with E-state index in [9.17, 15) is 4.79 Å². The fraction of sp³-hybridized carbons (Fsp3) is 0.0833. The van der Waals surface area contributed by atoms with Crippen LogP contribution in [0.25, 0.3) is 17.2 Å². The van der Waals surface area contributed by atoms with E-state index in [1.54, 1.807) is 4.57 Å². The molecule has 3 aromatic rings. The van der Waals surface area contributed by atoms with E-state index in [2.05, 4.69) is 10.1 Å². The third-order valence-electron chi connectivity index (χ3n) is 2.74. The predicted molar refractivity (Wildman–Crippen MR) is 64.4 cm³/mol. The standard InChI is InChI=1S/C12H10N4O2/c1-15-10(8-5-3-2-4-6-8)14-16-7-9(11(17)18)13-12(15)16/h2-7H,1H3,(H,17,18). The molecule has 0 amide bonds. The summed E-state index contributed by atoms with van der Waals surface area (Å²) in [5.74, 6) is 0.197. The molecule has 0 radical (unpaired) electrons. The van der Waals surface area contributed by atoms with Crippen molar-refractivity contribution in [2.24, 2.45) is 7.05 Å². The van der Waals surface area contributed by atoms with E-state index in [0.717, 1.165) is 11.4 Å². The monoisotopic (exact) mass is 242 g/mol. The van der Waals surface area contributed by atoms with Gasteiger partial charge in [0, 0.05) is 12.6 Å². The minimum Gasteiger partial charge on any atom is -0.476 e. The topological polar surface area (TPSA) is 72.4 Å². The highest BCUT2D eigenvalue weighted by atomic mass is 16.4. The number of aryl methyl sites for hydroxylation is 1. The first-order valence-corrected chi connectivity index (χ1v) is 5.37. The van der Waals surface area contributed by atoms with Crippen molar-refractivity contribution in [1.29, 1.82) is 0 Å². The van der Waals surface area contributed by atoms with Crippen LogP contribution in [-0.4, -0.2) is 30.2 Å². The van der Waals surface area contributed by atoms with Gasteiger partial charge in [0.15, 0.2) is 11.5 Å². The van der Waals surface area contributed by atoms with Gasteiger partial charge in [-0.15, -0.1) is 5.10 Å². The molecule has 6 heteroatoms. The van der Waals surface area contributed by atoms with Crippen LogP contribution in [0, 0.1) is 0 Å². The Balaban J connectivity index is 2.19. The maximum atomic E-state index is 10.8. The maximum Gasteiger partial charge on any atom is 0.356 e. The van der Waals surface area contributed by atoms with E-state index in [4.69, 9.17) is 5.11 Å². The molecule has 0 aliphatic heterocycles. The highest BCUT2D eigenvalue weighted by Gasteiger charge is 2.15.